The Labute approximate surface area is 118 Å². The first kappa shape index (κ1) is 13.4. The molecule has 0 aromatic heterocycles. The third kappa shape index (κ3) is 3.26. The summed E-state index contributed by atoms with van der Waals surface area (Å²) in [6.07, 6.45) is 0.906. The van der Waals surface area contributed by atoms with E-state index < -0.39 is 0 Å². The standard InChI is InChI=1S/C15H15Cl2N/c16-13-5-1-11(2-6-13)15(9-10-18)12-3-7-14(17)8-4-12/h1-8,15H,9-10,18H2. The fourth-order valence-electron chi connectivity index (χ4n) is 2.08. The van der Waals surface area contributed by atoms with Gasteiger partial charge in [-0.05, 0) is 48.4 Å². The molecule has 0 radical (unpaired) electrons. The maximum absolute atomic E-state index is 5.92. The predicted octanol–water partition coefficient (Wildman–Crippen LogP) is 4.47. The molecule has 0 amide bonds. The zero-order valence-electron chi connectivity index (χ0n) is 9.94. The van der Waals surface area contributed by atoms with Crippen LogP contribution in [0.1, 0.15) is 23.5 Å². The van der Waals surface area contributed by atoms with Gasteiger partial charge in [-0.2, -0.15) is 0 Å². The summed E-state index contributed by atoms with van der Waals surface area (Å²) in [6, 6.07) is 15.9. The third-order valence-electron chi connectivity index (χ3n) is 3.00. The number of halogens is 2. The maximum atomic E-state index is 5.92. The van der Waals surface area contributed by atoms with E-state index in [9.17, 15) is 0 Å². The molecule has 0 unspecified atom stereocenters. The van der Waals surface area contributed by atoms with Crippen LogP contribution in [0.2, 0.25) is 10.0 Å². The van der Waals surface area contributed by atoms with Crippen molar-refractivity contribution in [3.63, 3.8) is 0 Å². The molecule has 0 spiro atoms. The van der Waals surface area contributed by atoms with Gasteiger partial charge >= 0.3 is 0 Å². The summed E-state index contributed by atoms with van der Waals surface area (Å²) >= 11 is 11.8. The van der Waals surface area contributed by atoms with Crippen LogP contribution in [0.25, 0.3) is 0 Å². The van der Waals surface area contributed by atoms with Crippen molar-refractivity contribution in [3.05, 3.63) is 69.7 Å². The molecule has 0 heterocycles. The van der Waals surface area contributed by atoms with Gasteiger partial charge in [0, 0.05) is 16.0 Å². The van der Waals surface area contributed by atoms with E-state index in [4.69, 9.17) is 28.9 Å². The Bertz CT molecular complexity index is 445. The quantitative estimate of drug-likeness (QED) is 0.878. The Morgan fingerprint density at radius 1 is 0.778 bits per heavy atom. The van der Waals surface area contributed by atoms with Crippen LogP contribution in [0.15, 0.2) is 48.5 Å². The van der Waals surface area contributed by atoms with Crippen molar-refractivity contribution in [2.24, 2.45) is 5.73 Å². The van der Waals surface area contributed by atoms with Crippen molar-refractivity contribution in [2.45, 2.75) is 12.3 Å². The minimum absolute atomic E-state index is 0.296. The lowest BCUT2D eigenvalue weighted by molar-refractivity contribution is 0.726. The monoisotopic (exact) mass is 279 g/mol. The number of hydrogen-bond acceptors (Lipinski definition) is 1. The average Bonchev–Trinajstić information content (AvgIpc) is 2.39. The van der Waals surface area contributed by atoms with Gasteiger partial charge in [-0.15, -0.1) is 0 Å². The average molecular weight is 280 g/mol. The molecule has 0 fully saturated rings. The molecule has 0 atom stereocenters. The van der Waals surface area contributed by atoms with Gasteiger partial charge in [0.15, 0.2) is 0 Å². The number of benzene rings is 2. The van der Waals surface area contributed by atoms with Gasteiger partial charge in [0.05, 0.1) is 0 Å². The van der Waals surface area contributed by atoms with Gasteiger partial charge < -0.3 is 5.73 Å². The van der Waals surface area contributed by atoms with Gasteiger partial charge in [-0.3, -0.25) is 0 Å². The molecule has 3 heteroatoms. The molecule has 2 rings (SSSR count). The molecule has 1 nitrogen and oxygen atoms in total. The molecule has 0 aliphatic carbocycles. The predicted molar refractivity (Wildman–Crippen MR) is 78.4 cm³/mol. The number of nitrogens with two attached hydrogens (primary N) is 1. The molecule has 0 saturated heterocycles. The third-order valence-corrected chi connectivity index (χ3v) is 3.50. The fourth-order valence-corrected chi connectivity index (χ4v) is 2.33. The lowest BCUT2D eigenvalue weighted by Crippen LogP contribution is -2.08. The molecule has 2 aromatic rings. The van der Waals surface area contributed by atoms with E-state index >= 15 is 0 Å². The molecule has 0 aliphatic heterocycles. The molecular weight excluding hydrogens is 265 g/mol. The summed E-state index contributed by atoms with van der Waals surface area (Å²) in [5.41, 5.74) is 8.17. The van der Waals surface area contributed by atoms with Gasteiger partial charge in [0.1, 0.15) is 0 Å². The minimum atomic E-state index is 0.296. The van der Waals surface area contributed by atoms with Crippen molar-refractivity contribution in [1.82, 2.24) is 0 Å². The largest absolute Gasteiger partial charge is 0.330 e. The minimum Gasteiger partial charge on any atom is -0.330 e. The Kier molecular flexibility index (Phi) is 4.65. The lowest BCUT2D eigenvalue weighted by atomic mass is 9.89. The van der Waals surface area contributed by atoms with E-state index in [1.54, 1.807) is 0 Å². The van der Waals surface area contributed by atoms with Crippen molar-refractivity contribution in [1.29, 1.82) is 0 Å². The second kappa shape index (κ2) is 6.24. The summed E-state index contributed by atoms with van der Waals surface area (Å²) in [5, 5.41) is 1.50. The molecule has 2 aromatic carbocycles. The van der Waals surface area contributed by atoms with E-state index in [1.165, 1.54) is 11.1 Å². The van der Waals surface area contributed by atoms with Crippen molar-refractivity contribution < 1.29 is 0 Å². The number of rotatable bonds is 4. The smallest absolute Gasteiger partial charge is 0.0406 e. The highest BCUT2D eigenvalue weighted by Crippen LogP contribution is 2.29. The molecule has 0 bridgehead atoms. The van der Waals surface area contributed by atoms with Crippen molar-refractivity contribution in [2.75, 3.05) is 6.54 Å². The van der Waals surface area contributed by atoms with E-state index in [-0.39, 0.29) is 0 Å². The lowest BCUT2D eigenvalue weighted by Gasteiger charge is -2.17. The van der Waals surface area contributed by atoms with E-state index in [0.29, 0.717) is 12.5 Å². The summed E-state index contributed by atoms with van der Waals surface area (Å²) in [7, 11) is 0. The van der Waals surface area contributed by atoms with Crippen molar-refractivity contribution in [3.8, 4) is 0 Å². The van der Waals surface area contributed by atoms with Crippen LogP contribution in [-0.4, -0.2) is 6.54 Å². The van der Waals surface area contributed by atoms with Crippen LogP contribution < -0.4 is 5.73 Å². The van der Waals surface area contributed by atoms with Gasteiger partial charge in [-0.25, -0.2) is 0 Å². The molecule has 18 heavy (non-hydrogen) atoms. The van der Waals surface area contributed by atoms with Crippen LogP contribution in [0.5, 0.6) is 0 Å². The second-order valence-electron chi connectivity index (χ2n) is 4.23. The van der Waals surface area contributed by atoms with Gasteiger partial charge in [0.2, 0.25) is 0 Å². The van der Waals surface area contributed by atoms with E-state index in [2.05, 4.69) is 24.3 Å². The van der Waals surface area contributed by atoms with Crippen LogP contribution in [-0.2, 0) is 0 Å². The van der Waals surface area contributed by atoms with Gasteiger partial charge in [-0.1, -0.05) is 47.5 Å². The molecule has 94 valence electrons. The second-order valence-corrected chi connectivity index (χ2v) is 5.11. The topological polar surface area (TPSA) is 26.0 Å². The van der Waals surface area contributed by atoms with Crippen LogP contribution in [0.4, 0.5) is 0 Å². The van der Waals surface area contributed by atoms with Crippen molar-refractivity contribution >= 4 is 23.2 Å². The number of hydrogen-bond donors (Lipinski definition) is 1. The zero-order chi connectivity index (χ0) is 13.0. The Morgan fingerprint density at radius 3 is 1.50 bits per heavy atom. The van der Waals surface area contributed by atoms with Crippen LogP contribution in [0, 0.1) is 0 Å². The normalized spacial score (nSPS) is 10.9. The molecule has 0 saturated carbocycles. The summed E-state index contributed by atoms with van der Waals surface area (Å²) < 4.78 is 0. The first-order valence-electron chi connectivity index (χ1n) is 5.91. The summed E-state index contributed by atoms with van der Waals surface area (Å²) in [4.78, 5) is 0. The SMILES string of the molecule is NCCC(c1ccc(Cl)cc1)c1ccc(Cl)cc1. The van der Waals surface area contributed by atoms with E-state index in [1.807, 2.05) is 24.3 Å². The highest BCUT2D eigenvalue weighted by molar-refractivity contribution is 6.30. The Morgan fingerprint density at radius 2 is 1.17 bits per heavy atom. The van der Waals surface area contributed by atoms with E-state index in [0.717, 1.165) is 16.5 Å². The zero-order valence-corrected chi connectivity index (χ0v) is 11.5. The Balaban J connectivity index is 2.33. The first-order valence-corrected chi connectivity index (χ1v) is 6.67. The highest BCUT2D eigenvalue weighted by Gasteiger charge is 2.13. The molecule has 2 N–H and O–H groups in total. The summed E-state index contributed by atoms with van der Waals surface area (Å²) in [6.45, 7) is 0.649. The fraction of sp³-hybridized carbons (Fsp3) is 0.200. The Hall–Kier alpha value is -1.02. The maximum Gasteiger partial charge on any atom is 0.0406 e. The van der Waals surface area contributed by atoms with Gasteiger partial charge in [0.25, 0.3) is 0 Å². The highest BCUT2D eigenvalue weighted by atomic mass is 35.5. The molecule has 0 aliphatic rings. The summed E-state index contributed by atoms with van der Waals surface area (Å²) in [5.74, 6) is 0.296. The van der Waals surface area contributed by atoms with Crippen LogP contribution >= 0.6 is 23.2 Å². The first-order chi connectivity index (χ1) is 8.70. The van der Waals surface area contributed by atoms with Crippen LogP contribution in [0.3, 0.4) is 0 Å². The molecular formula is C15H15Cl2N.